The van der Waals surface area contributed by atoms with E-state index in [1.54, 1.807) is 0 Å². The molecule has 0 unspecified atom stereocenters. The molecule has 2 aromatic rings. The van der Waals surface area contributed by atoms with Gasteiger partial charge in [0.15, 0.2) is 0 Å². The molecular formula is C15H15FN4O4. The maximum atomic E-state index is 13.0. The molecular weight excluding hydrogens is 319 g/mol. The summed E-state index contributed by atoms with van der Waals surface area (Å²) in [4.78, 5) is 22.8. The lowest BCUT2D eigenvalue weighted by Gasteiger charge is -2.20. The van der Waals surface area contributed by atoms with Crippen LogP contribution in [-0.2, 0) is 9.53 Å². The lowest BCUT2D eigenvalue weighted by atomic mass is 9.99. The van der Waals surface area contributed by atoms with Gasteiger partial charge in [0.2, 0.25) is 11.7 Å². The van der Waals surface area contributed by atoms with Crippen molar-refractivity contribution in [2.75, 3.05) is 18.5 Å². The van der Waals surface area contributed by atoms with Gasteiger partial charge in [-0.05, 0) is 37.1 Å². The Hall–Kier alpha value is -2.81. The van der Waals surface area contributed by atoms with Gasteiger partial charge in [-0.2, -0.15) is 0 Å². The van der Waals surface area contributed by atoms with E-state index >= 15 is 0 Å². The number of aromatic nitrogens is 2. The molecule has 0 bridgehead atoms. The summed E-state index contributed by atoms with van der Waals surface area (Å²) in [6.07, 6.45) is 2.32. The number of ether oxygens (including phenoxy) is 1. The monoisotopic (exact) mass is 334 g/mol. The Bertz CT molecular complexity index is 753. The van der Waals surface area contributed by atoms with E-state index in [0.717, 1.165) is 0 Å². The van der Waals surface area contributed by atoms with E-state index in [2.05, 4.69) is 10.4 Å². The second kappa shape index (κ2) is 6.75. The third kappa shape index (κ3) is 3.40. The number of benzene rings is 1. The average molecular weight is 334 g/mol. The molecule has 2 heterocycles. The van der Waals surface area contributed by atoms with Crippen LogP contribution in [0, 0.1) is 21.8 Å². The fourth-order valence-corrected chi connectivity index (χ4v) is 2.49. The molecule has 1 saturated heterocycles. The van der Waals surface area contributed by atoms with Crippen LogP contribution in [0.3, 0.4) is 0 Å². The van der Waals surface area contributed by atoms with Crippen LogP contribution in [0.5, 0.6) is 0 Å². The normalized spacial score (nSPS) is 15.2. The Balaban J connectivity index is 1.85. The first-order valence-electron chi connectivity index (χ1n) is 7.43. The van der Waals surface area contributed by atoms with Gasteiger partial charge in [-0.3, -0.25) is 14.9 Å². The molecule has 1 amide bonds. The van der Waals surface area contributed by atoms with Crippen molar-refractivity contribution >= 4 is 17.4 Å². The van der Waals surface area contributed by atoms with Crippen molar-refractivity contribution in [3.05, 3.63) is 46.4 Å². The highest BCUT2D eigenvalue weighted by Crippen LogP contribution is 2.26. The Morgan fingerprint density at radius 1 is 1.33 bits per heavy atom. The van der Waals surface area contributed by atoms with Gasteiger partial charge in [0.1, 0.15) is 12.0 Å². The number of nitrogens with zero attached hydrogens (tertiary/aromatic N) is 3. The Kier molecular flexibility index (Phi) is 4.52. The Morgan fingerprint density at radius 2 is 2.00 bits per heavy atom. The highest BCUT2D eigenvalue weighted by molar-refractivity contribution is 5.93. The van der Waals surface area contributed by atoms with Crippen molar-refractivity contribution < 1.29 is 18.8 Å². The van der Waals surface area contributed by atoms with Crippen molar-refractivity contribution in [1.29, 1.82) is 0 Å². The number of hydrogen-bond acceptors (Lipinski definition) is 5. The zero-order valence-electron chi connectivity index (χ0n) is 12.6. The molecule has 0 aliphatic carbocycles. The Labute approximate surface area is 136 Å². The summed E-state index contributed by atoms with van der Waals surface area (Å²) in [7, 11) is 0. The van der Waals surface area contributed by atoms with Crippen LogP contribution < -0.4 is 5.32 Å². The maximum Gasteiger partial charge on any atom is 0.331 e. The van der Waals surface area contributed by atoms with Crippen LogP contribution in [0.4, 0.5) is 15.9 Å². The average Bonchev–Trinajstić information content (AvgIpc) is 3.00. The van der Waals surface area contributed by atoms with Gasteiger partial charge in [0, 0.05) is 19.1 Å². The molecule has 9 heteroatoms. The molecule has 1 aliphatic rings. The largest absolute Gasteiger partial charge is 0.381 e. The smallest absolute Gasteiger partial charge is 0.331 e. The summed E-state index contributed by atoms with van der Waals surface area (Å²) in [6, 6.07) is 5.33. The van der Waals surface area contributed by atoms with E-state index in [-0.39, 0.29) is 23.3 Å². The van der Waals surface area contributed by atoms with Crippen molar-refractivity contribution in [2.45, 2.75) is 12.8 Å². The van der Waals surface area contributed by atoms with Crippen LogP contribution in [0.1, 0.15) is 12.8 Å². The first-order chi connectivity index (χ1) is 11.5. The van der Waals surface area contributed by atoms with Crippen LogP contribution in [0.2, 0.25) is 0 Å². The minimum Gasteiger partial charge on any atom is -0.381 e. The van der Waals surface area contributed by atoms with E-state index in [0.29, 0.717) is 31.7 Å². The molecule has 1 aromatic carbocycles. The van der Waals surface area contributed by atoms with E-state index in [4.69, 9.17) is 4.74 Å². The minimum absolute atomic E-state index is 0.124. The summed E-state index contributed by atoms with van der Waals surface area (Å²) in [5.74, 6) is -1.12. The van der Waals surface area contributed by atoms with E-state index < -0.39 is 10.7 Å². The number of carbonyl (C=O) groups is 1. The fraction of sp³-hybridized carbons (Fsp3) is 0.333. The standard InChI is InChI=1S/C15H15FN4O4/c16-11-1-3-12(4-2-11)19-9-13(20(22)23)14(18-19)17-15(21)10-5-7-24-8-6-10/h1-4,9-10H,5-8H2,(H,17,18,21). The van der Waals surface area contributed by atoms with Crippen molar-refractivity contribution in [2.24, 2.45) is 5.92 Å². The molecule has 3 rings (SSSR count). The van der Waals surface area contributed by atoms with Crippen LogP contribution in [0.25, 0.3) is 5.69 Å². The molecule has 0 atom stereocenters. The fourth-order valence-electron chi connectivity index (χ4n) is 2.49. The number of nitrogens with one attached hydrogen (secondary N) is 1. The molecule has 1 aromatic heterocycles. The predicted molar refractivity (Wildman–Crippen MR) is 82.3 cm³/mol. The van der Waals surface area contributed by atoms with Gasteiger partial charge in [0.25, 0.3) is 0 Å². The maximum absolute atomic E-state index is 13.0. The lowest BCUT2D eigenvalue weighted by Crippen LogP contribution is -2.28. The Morgan fingerprint density at radius 3 is 2.62 bits per heavy atom. The SMILES string of the molecule is O=C(Nc1nn(-c2ccc(F)cc2)cc1[N+](=O)[O-])C1CCOCC1. The zero-order valence-corrected chi connectivity index (χ0v) is 12.6. The van der Waals surface area contributed by atoms with Gasteiger partial charge in [-0.25, -0.2) is 9.07 Å². The summed E-state index contributed by atoms with van der Waals surface area (Å²) in [5, 5.41) is 17.8. The summed E-state index contributed by atoms with van der Waals surface area (Å²) >= 11 is 0. The number of carbonyl (C=O) groups excluding carboxylic acids is 1. The lowest BCUT2D eigenvalue weighted by molar-refractivity contribution is -0.384. The predicted octanol–water partition coefficient (Wildman–Crippen LogP) is 2.28. The van der Waals surface area contributed by atoms with E-state index in [1.807, 2.05) is 0 Å². The summed E-state index contributed by atoms with van der Waals surface area (Å²) in [6.45, 7) is 0.981. The summed E-state index contributed by atoms with van der Waals surface area (Å²) < 4.78 is 19.4. The van der Waals surface area contributed by atoms with E-state index in [9.17, 15) is 19.3 Å². The molecule has 8 nitrogen and oxygen atoms in total. The third-order valence-corrected chi connectivity index (χ3v) is 3.82. The van der Waals surface area contributed by atoms with Crippen LogP contribution in [0.15, 0.2) is 30.5 Å². The van der Waals surface area contributed by atoms with Gasteiger partial charge < -0.3 is 10.1 Å². The third-order valence-electron chi connectivity index (χ3n) is 3.82. The highest BCUT2D eigenvalue weighted by atomic mass is 19.1. The molecule has 1 fully saturated rings. The molecule has 0 saturated carbocycles. The van der Waals surface area contributed by atoms with Crippen LogP contribution >= 0.6 is 0 Å². The number of hydrogen-bond donors (Lipinski definition) is 1. The quantitative estimate of drug-likeness (QED) is 0.683. The molecule has 24 heavy (non-hydrogen) atoms. The number of halogens is 1. The topological polar surface area (TPSA) is 99.3 Å². The second-order valence-electron chi connectivity index (χ2n) is 5.42. The molecule has 0 spiro atoms. The number of amides is 1. The molecule has 126 valence electrons. The molecule has 1 aliphatic heterocycles. The van der Waals surface area contributed by atoms with Gasteiger partial charge in [0.05, 0.1) is 10.6 Å². The van der Waals surface area contributed by atoms with Crippen molar-refractivity contribution in [1.82, 2.24) is 9.78 Å². The first kappa shape index (κ1) is 16.1. The van der Waals surface area contributed by atoms with E-state index in [1.165, 1.54) is 35.1 Å². The van der Waals surface area contributed by atoms with Gasteiger partial charge >= 0.3 is 5.69 Å². The minimum atomic E-state index is -0.618. The first-order valence-corrected chi connectivity index (χ1v) is 7.43. The highest BCUT2D eigenvalue weighted by Gasteiger charge is 2.27. The van der Waals surface area contributed by atoms with Gasteiger partial charge in [-0.1, -0.05) is 0 Å². The number of nitro groups is 1. The molecule has 0 radical (unpaired) electrons. The molecule has 1 N–H and O–H groups in total. The van der Waals surface area contributed by atoms with Crippen molar-refractivity contribution in [3.63, 3.8) is 0 Å². The number of anilines is 1. The summed E-state index contributed by atoms with van der Waals surface area (Å²) in [5.41, 5.74) is 0.130. The zero-order chi connectivity index (χ0) is 17.1. The van der Waals surface area contributed by atoms with Crippen LogP contribution in [-0.4, -0.2) is 33.8 Å². The van der Waals surface area contributed by atoms with Gasteiger partial charge in [-0.15, -0.1) is 5.10 Å². The number of rotatable bonds is 4. The van der Waals surface area contributed by atoms with Crippen molar-refractivity contribution in [3.8, 4) is 5.69 Å². The second-order valence-corrected chi connectivity index (χ2v) is 5.42.